The van der Waals surface area contributed by atoms with Crippen LogP contribution < -0.4 is 34.7 Å². The number of rotatable bonds is 17. The van der Waals surface area contributed by atoms with Crippen LogP contribution in [-0.4, -0.2) is 18.5 Å². The van der Waals surface area contributed by atoms with Gasteiger partial charge in [-0.1, -0.05) is 83.3 Å². The van der Waals surface area contributed by atoms with Crippen LogP contribution in [0.3, 0.4) is 0 Å². The number of unbranched alkanes of at least 4 members (excludes halogenated alkanes) is 11. The molecule has 0 aromatic heterocycles. The number of carboxylic acids is 1. The second kappa shape index (κ2) is 20.6. The summed E-state index contributed by atoms with van der Waals surface area (Å²) in [4.78, 5) is 23.3. The molecule has 0 aromatic carbocycles. The van der Waals surface area contributed by atoms with E-state index in [-0.39, 0.29) is 35.5 Å². The van der Waals surface area contributed by atoms with Gasteiger partial charge in [0.1, 0.15) is 0 Å². The summed E-state index contributed by atoms with van der Waals surface area (Å²) in [6.07, 6.45) is 23.6. The van der Waals surface area contributed by atoms with Crippen LogP contribution in [0, 0.1) is 11.8 Å². The van der Waals surface area contributed by atoms with E-state index in [1.165, 1.54) is 70.6 Å². The summed E-state index contributed by atoms with van der Waals surface area (Å²) >= 11 is 0. The molecule has 1 aliphatic carbocycles. The molecule has 2 atom stereocenters. The van der Waals surface area contributed by atoms with Crippen molar-refractivity contribution in [3.8, 4) is 0 Å². The Hall–Kier alpha value is -0.320. The van der Waals surface area contributed by atoms with Gasteiger partial charge in [0.15, 0.2) is 0 Å². The first-order chi connectivity index (χ1) is 14.2. The Kier molecular flexibility index (Phi) is 20.4. The van der Waals surface area contributed by atoms with E-state index in [9.17, 15) is 14.7 Å². The van der Waals surface area contributed by atoms with Crippen LogP contribution in [0.5, 0.6) is 0 Å². The van der Waals surface area contributed by atoms with E-state index in [0.29, 0.717) is 19.4 Å². The molecule has 0 amide bonds. The van der Waals surface area contributed by atoms with Crippen LogP contribution in [0.2, 0.25) is 0 Å². The summed E-state index contributed by atoms with van der Waals surface area (Å²) in [5.41, 5.74) is 0. The zero-order valence-corrected chi connectivity index (χ0v) is 21.7. The number of hydrogen-bond donors (Lipinski definition) is 0. The fourth-order valence-electron chi connectivity index (χ4n) is 4.15. The smallest absolute Gasteiger partial charge is 0.550 e. The predicted octanol–water partition coefficient (Wildman–Crippen LogP) is 2.74. The summed E-state index contributed by atoms with van der Waals surface area (Å²) in [5, 5.41) is 11.2. The van der Waals surface area contributed by atoms with Gasteiger partial charge in [-0.25, -0.2) is 0 Å². The van der Waals surface area contributed by atoms with E-state index in [2.05, 4.69) is 19.1 Å². The van der Waals surface area contributed by atoms with E-state index in [1.807, 2.05) is 0 Å². The topological polar surface area (TPSA) is 66.4 Å². The number of carboxylic acid groups (broad SMARTS) is 1. The summed E-state index contributed by atoms with van der Waals surface area (Å²) in [7, 11) is 0. The standard InChI is InChI=1S/C25H44O4.Na/c1-2-3-4-5-6-7-8-9-10-11-12-13-14-15-18-21-29-25(28)23-20-17-16-19-22(23)24(26)27;/h7-8,22-23H,2-6,9-21H2,1H3,(H,26,27);/q;+1/p-1/b8-7+;. The molecule has 0 radical (unpaired) electrons. The molecule has 4 nitrogen and oxygen atoms in total. The summed E-state index contributed by atoms with van der Waals surface area (Å²) in [6.45, 7) is 2.66. The second-order valence-corrected chi connectivity index (χ2v) is 8.57. The number of carbonyl (C=O) groups is 2. The maximum absolute atomic E-state index is 12.1. The third-order valence-electron chi connectivity index (χ3n) is 6.02. The van der Waals surface area contributed by atoms with Crippen LogP contribution in [0.15, 0.2) is 12.2 Å². The van der Waals surface area contributed by atoms with Gasteiger partial charge in [-0.05, 0) is 44.9 Å². The fraction of sp³-hybridized carbons (Fsp3) is 0.840. The first-order valence-electron chi connectivity index (χ1n) is 12.2. The van der Waals surface area contributed by atoms with Crippen molar-refractivity contribution in [1.82, 2.24) is 0 Å². The molecule has 30 heavy (non-hydrogen) atoms. The molecule has 0 N–H and O–H groups in total. The Labute approximate surface area is 206 Å². The van der Waals surface area contributed by atoms with E-state index >= 15 is 0 Å². The number of esters is 1. The number of ether oxygens (including phenoxy) is 1. The van der Waals surface area contributed by atoms with Gasteiger partial charge in [-0.15, -0.1) is 0 Å². The first kappa shape index (κ1) is 29.7. The fourth-order valence-corrected chi connectivity index (χ4v) is 4.15. The quantitative estimate of drug-likeness (QED) is 0.154. The average molecular weight is 431 g/mol. The van der Waals surface area contributed by atoms with Crippen molar-refractivity contribution >= 4 is 11.9 Å². The monoisotopic (exact) mass is 430 g/mol. The van der Waals surface area contributed by atoms with Crippen molar-refractivity contribution in [3.63, 3.8) is 0 Å². The molecular weight excluding hydrogens is 387 g/mol. The Morgan fingerprint density at radius 1 is 0.800 bits per heavy atom. The molecule has 0 aliphatic heterocycles. The van der Waals surface area contributed by atoms with Gasteiger partial charge in [-0.2, -0.15) is 0 Å². The Balaban J connectivity index is 0.00000841. The minimum Gasteiger partial charge on any atom is -0.550 e. The SMILES string of the molecule is CCCCCC/C=C/CCCCCCCCCOC(=O)C1CCCCC1C(=O)[O-].[Na+]. The van der Waals surface area contributed by atoms with Crippen LogP contribution in [0.4, 0.5) is 0 Å². The Bertz CT molecular complexity index is 464. The number of carbonyl (C=O) groups excluding carboxylic acids is 2. The minimum absolute atomic E-state index is 0. The van der Waals surface area contributed by atoms with Crippen molar-refractivity contribution in [2.24, 2.45) is 11.8 Å². The van der Waals surface area contributed by atoms with Gasteiger partial charge in [0, 0.05) is 11.9 Å². The average Bonchev–Trinajstić information content (AvgIpc) is 2.73. The van der Waals surface area contributed by atoms with E-state index < -0.39 is 17.8 Å². The van der Waals surface area contributed by atoms with Crippen LogP contribution in [0.25, 0.3) is 0 Å². The Morgan fingerprint density at radius 3 is 1.87 bits per heavy atom. The van der Waals surface area contributed by atoms with Crippen molar-refractivity contribution in [3.05, 3.63) is 12.2 Å². The zero-order chi connectivity index (χ0) is 21.2. The molecule has 5 heteroatoms. The largest absolute Gasteiger partial charge is 1.00 e. The van der Waals surface area contributed by atoms with E-state index in [0.717, 1.165) is 25.7 Å². The van der Waals surface area contributed by atoms with Gasteiger partial charge < -0.3 is 14.6 Å². The van der Waals surface area contributed by atoms with Gasteiger partial charge in [0.05, 0.1) is 12.5 Å². The van der Waals surface area contributed by atoms with Crippen molar-refractivity contribution in [2.75, 3.05) is 6.61 Å². The summed E-state index contributed by atoms with van der Waals surface area (Å²) in [5.74, 6) is -2.60. The number of aliphatic carboxylic acids is 1. The van der Waals surface area contributed by atoms with Crippen molar-refractivity contribution < 1.29 is 49.0 Å². The molecule has 0 aromatic rings. The second-order valence-electron chi connectivity index (χ2n) is 8.57. The van der Waals surface area contributed by atoms with Gasteiger partial charge in [0.25, 0.3) is 0 Å². The van der Waals surface area contributed by atoms with Crippen LogP contribution in [-0.2, 0) is 14.3 Å². The van der Waals surface area contributed by atoms with Crippen molar-refractivity contribution in [2.45, 2.75) is 116 Å². The maximum Gasteiger partial charge on any atom is 1.00 e. The van der Waals surface area contributed by atoms with Gasteiger partial charge in [0.2, 0.25) is 0 Å². The molecule has 168 valence electrons. The zero-order valence-electron chi connectivity index (χ0n) is 19.7. The third-order valence-corrected chi connectivity index (χ3v) is 6.02. The van der Waals surface area contributed by atoms with E-state index in [1.54, 1.807) is 0 Å². The molecule has 1 aliphatic rings. The number of allylic oxidation sites excluding steroid dienone is 2. The Morgan fingerprint density at radius 2 is 1.30 bits per heavy atom. The number of hydrogen-bond acceptors (Lipinski definition) is 4. The van der Waals surface area contributed by atoms with Crippen molar-refractivity contribution in [1.29, 1.82) is 0 Å². The van der Waals surface area contributed by atoms with Crippen LogP contribution in [0.1, 0.15) is 116 Å². The normalized spacial score (nSPS) is 18.8. The maximum atomic E-state index is 12.1. The minimum atomic E-state index is -1.10. The molecule has 2 unspecified atom stereocenters. The van der Waals surface area contributed by atoms with Gasteiger partial charge >= 0.3 is 35.5 Å². The molecular formula is C25H43NaO4. The molecule has 0 spiro atoms. The molecule has 1 rings (SSSR count). The molecule has 0 saturated heterocycles. The van der Waals surface area contributed by atoms with E-state index in [4.69, 9.17) is 4.74 Å². The predicted molar refractivity (Wildman–Crippen MR) is 116 cm³/mol. The molecule has 1 saturated carbocycles. The molecule has 1 fully saturated rings. The summed E-state index contributed by atoms with van der Waals surface area (Å²) in [6, 6.07) is 0. The summed E-state index contributed by atoms with van der Waals surface area (Å²) < 4.78 is 5.34. The van der Waals surface area contributed by atoms with Crippen LogP contribution >= 0.6 is 0 Å². The molecule has 0 bridgehead atoms. The third kappa shape index (κ3) is 14.6. The first-order valence-corrected chi connectivity index (χ1v) is 12.2. The van der Waals surface area contributed by atoms with Gasteiger partial charge in [-0.3, -0.25) is 4.79 Å². The molecule has 0 heterocycles.